The fraction of sp³-hybridized carbons (Fsp3) is 0.750. The fourth-order valence-electron chi connectivity index (χ4n) is 2.32. The normalized spacial score (nSPS) is 18.2. The Morgan fingerprint density at radius 2 is 1.68 bits per heavy atom. The van der Waals surface area contributed by atoms with Gasteiger partial charge >= 0.3 is 12.0 Å². The molecule has 0 aromatic rings. The number of nitrogens with one attached hydrogen (secondary N) is 1. The Morgan fingerprint density at radius 1 is 1.16 bits per heavy atom. The first kappa shape index (κ1) is 13.6. The van der Waals surface area contributed by atoms with Crippen LogP contribution in [0.3, 0.4) is 0 Å². The first-order valence-corrected chi connectivity index (χ1v) is 6.53. The summed E-state index contributed by atoms with van der Waals surface area (Å²) < 4.78 is 0. The van der Waals surface area contributed by atoms with E-state index < -0.39 is 24.5 Å². The molecule has 4 N–H and O–H groups in total. The van der Waals surface area contributed by atoms with Crippen molar-refractivity contribution in [1.29, 1.82) is 0 Å². The van der Waals surface area contributed by atoms with Gasteiger partial charge in [-0.15, -0.1) is 0 Å². The second-order valence-electron chi connectivity index (χ2n) is 5.37. The molecule has 19 heavy (non-hydrogen) atoms. The van der Waals surface area contributed by atoms with E-state index in [1.54, 1.807) is 0 Å². The van der Waals surface area contributed by atoms with Crippen LogP contribution in [0.5, 0.6) is 0 Å². The van der Waals surface area contributed by atoms with Crippen LogP contribution in [0.4, 0.5) is 4.79 Å². The van der Waals surface area contributed by atoms with Gasteiger partial charge in [0.15, 0.2) is 0 Å². The SMILES string of the molecule is NC(=O)CN(CC(=O)O)C(=O)NC(C1CC1)C1CC1. The molecule has 3 amide bonds. The minimum absolute atomic E-state index is 0.122. The van der Waals surface area contributed by atoms with Crippen LogP contribution in [-0.4, -0.2) is 47.0 Å². The molecule has 2 rings (SSSR count). The molecule has 0 atom stereocenters. The summed E-state index contributed by atoms with van der Waals surface area (Å²) in [5, 5.41) is 11.6. The van der Waals surface area contributed by atoms with Gasteiger partial charge in [-0.2, -0.15) is 0 Å². The summed E-state index contributed by atoms with van der Waals surface area (Å²) in [6, 6.07) is -0.387. The standard InChI is InChI=1S/C12H19N3O4/c13-9(16)5-15(6-10(17)18)12(19)14-11(7-1-2-7)8-3-4-8/h7-8,11H,1-6H2,(H2,13,16)(H,14,19)(H,17,18). The Balaban J connectivity index is 1.92. The van der Waals surface area contributed by atoms with Gasteiger partial charge in [0.2, 0.25) is 5.91 Å². The third-order valence-electron chi connectivity index (χ3n) is 3.51. The van der Waals surface area contributed by atoms with Crippen molar-refractivity contribution in [3.63, 3.8) is 0 Å². The maximum atomic E-state index is 12.0. The highest BCUT2D eigenvalue weighted by Gasteiger charge is 2.42. The van der Waals surface area contributed by atoms with Crippen LogP contribution in [0.25, 0.3) is 0 Å². The van der Waals surface area contributed by atoms with Crippen LogP contribution >= 0.6 is 0 Å². The number of primary amides is 1. The number of urea groups is 1. The highest BCUT2D eigenvalue weighted by Crippen LogP contribution is 2.44. The lowest BCUT2D eigenvalue weighted by atomic mass is 10.1. The van der Waals surface area contributed by atoms with Crippen molar-refractivity contribution in [3.8, 4) is 0 Å². The number of hydrogen-bond acceptors (Lipinski definition) is 3. The monoisotopic (exact) mass is 269 g/mol. The number of carbonyl (C=O) groups is 3. The van der Waals surface area contributed by atoms with Gasteiger partial charge in [-0.25, -0.2) is 4.79 Å². The summed E-state index contributed by atoms with van der Waals surface area (Å²) in [5.41, 5.74) is 5.03. The number of carboxylic acids is 1. The van der Waals surface area contributed by atoms with E-state index in [1.165, 1.54) is 0 Å². The van der Waals surface area contributed by atoms with E-state index in [0.29, 0.717) is 11.8 Å². The molecule has 2 fully saturated rings. The predicted octanol–water partition coefficient (Wildman–Crippen LogP) is -0.243. The average Bonchev–Trinajstić information content (AvgIpc) is 3.13. The smallest absolute Gasteiger partial charge is 0.323 e. The van der Waals surface area contributed by atoms with E-state index in [0.717, 1.165) is 30.6 Å². The molecule has 0 aromatic heterocycles. The number of hydrogen-bond donors (Lipinski definition) is 3. The predicted molar refractivity (Wildman–Crippen MR) is 66.2 cm³/mol. The van der Waals surface area contributed by atoms with E-state index in [-0.39, 0.29) is 12.6 Å². The third-order valence-corrected chi connectivity index (χ3v) is 3.51. The van der Waals surface area contributed by atoms with E-state index in [1.807, 2.05) is 0 Å². The lowest BCUT2D eigenvalue weighted by Gasteiger charge is -2.24. The van der Waals surface area contributed by atoms with Crippen molar-refractivity contribution in [3.05, 3.63) is 0 Å². The van der Waals surface area contributed by atoms with Gasteiger partial charge in [0.05, 0.1) is 0 Å². The van der Waals surface area contributed by atoms with Crippen LogP contribution in [0.15, 0.2) is 0 Å². The molecule has 0 saturated heterocycles. The van der Waals surface area contributed by atoms with E-state index in [4.69, 9.17) is 10.8 Å². The topological polar surface area (TPSA) is 113 Å². The van der Waals surface area contributed by atoms with Crippen molar-refractivity contribution < 1.29 is 19.5 Å². The maximum Gasteiger partial charge on any atom is 0.323 e. The number of carboxylic acid groups (broad SMARTS) is 1. The molecule has 2 aliphatic rings. The molecule has 0 aliphatic heterocycles. The second kappa shape index (κ2) is 5.46. The zero-order valence-corrected chi connectivity index (χ0v) is 10.7. The van der Waals surface area contributed by atoms with E-state index >= 15 is 0 Å². The lowest BCUT2D eigenvalue weighted by molar-refractivity contribution is -0.137. The molecule has 7 heteroatoms. The number of nitrogens with two attached hydrogens (primary N) is 1. The van der Waals surface area contributed by atoms with Crippen molar-refractivity contribution in [2.24, 2.45) is 17.6 Å². The van der Waals surface area contributed by atoms with Crippen molar-refractivity contribution in [2.75, 3.05) is 13.1 Å². The number of amides is 3. The third kappa shape index (κ3) is 4.11. The minimum Gasteiger partial charge on any atom is -0.480 e. The zero-order chi connectivity index (χ0) is 14.0. The zero-order valence-electron chi connectivity index (χ0n) is 10.7. The van der Waals surface area contributed by atoms with Gasteiger partial charge in [0, 0.05) is 6.04 Å². The summed E-state index contributed by atoms with van der Waals surface area (Å²) in [4.78, 5) is 34.6. The van der Waals surface area contributed by atoms with Crippen LogP contribution in [0, 0.1) is 11.8 Å². The Hall–Kier alpha value is -1.79. The molecule has 0 aromatic carbocycles. The van der Waals surface area contributed by atoms with Crippen LogP contribution in [0.2, 0.25) is 0 Å². The molecule has 0 bridgehead atoms. The van der Waals surface area contributed by atoms with Gasteiger partial charge in [-0.05, 0) is 37.5 Å². The molecule has 2 saturated carbocycles. The van der Waals surface area contributed by atoms with Gasteiger partial charge in [-0.3, -0.25) is 9.59 Å². The molecular formula is C12H19N3O4. The first-order chi connectivity index (χ1) is 8.97. The Bertz CT molecular complexity index is 362. The Kier molecular flexibility index (Phi) is 3.92. The summed E-state index contributed by atoms with van der Waals surface area (Å²) in [6.45, 7) is -0.892. The highest BCUT2D eigenvalue weighted by atomic mass is 16.4. The van der Waals surface area contributed by atoms with Crippen LogP contribution in [-0.2, 0) is 9.59 Å². The second-order valence-corrected chi connectivity index (χ2v) is 5.37. The summed E-state index contributed by atoms with van der Waals surface area (Å²) in [7, 11) is 0. The molecule has 106 valence electrons. The van der Waals surface area contributed by atoms with Crippen LogP contribution < -0.4 is 11.1 Å². The van der Waals surface area contributed by atoms with Crippen molar-refractivity contribution >= 4 is 17.9 Å². The van der Waals surface area contributed by atoms with E-state index in [2.05, 4.69) is 5.32 Å². The van der Waals surface area contributed by atoms with E-state index in [9.17, 15) is 14.4 Å². The fourth-order valence-corrected chi connectivity index (χ4v) is 2.32. The molecule has 7 nitrogen and oxygen atoms in total. The minimum atomic E-state index is -1.16. The molecule has 2 aliphatic carbocycles. The Morgan fingerprint density at radius 3 is 2.05 bits per heavy atom. The molecular weight excluding hydrogens is 250 g/mol. The lowest BCUT2D eigenvalue weighted by Crippen LogP contribution is -2.50. The van der Waals surface area contributed by atoms with Gasteiger partial charge in [0.25, 0.3) is 0 Å². The van der Waals surface area contributed by atoms with Gasteiger partial charge < -0.3 is 21.1 Å². The molecule has 0 spiro atoms. The van der Waals surface area contributed by atoms with Gasteiger partial charge in [0.1, 0.15) is 13.1 Å². The number of rotatable bonds is 7. The largest absolute Gasteiger partial charge is 0.480 e. The average molecular weight is 269 g/mol. The molecule has 0 radical (unpaired) electrons. The maximum absolute atomic E-state index is 12.0. The number of nitrogens with zero attached hydrogens (tertiary/aromatic N) is 1. The summed E-state index contributed by atoms with van der Waals surface area (Å²) >= 11 is 0. The summed E-state index contributed by atoms with van der Waals surface area (Å²) in [6.07, 6.45) is 4.43. The summed E-state index contributed by atoms with van der Waals surface area (Å²) in [5.74, 6) is -0.856. The van der Waals surface area contributed by atoms with Crippen molar-refractivity contribution in [1.82, 2.24) is 10.2 Å². The van der Waals surface area contributed by atoms with Crippen molar-refractivity contribution in [2.45, 2.75) is 31.7 Å². The molecule has 0 heterocycles. The number of aliphatic carboxylic acids is 1. The molecule has 0 unspecified atom stereocenters. The quantitative estimate of drug-likeness (QED) is 0.591. The number of carbonyl (C=O) groups excluding carboxylic acids is 2. The Labute approximate surface area is 111 Å². The first-order valence-electron chi connectivity index (χ1n) is 6.53. The highest BCUT2D eigenvalue weighted by molar-refractivity contribution is 5.86. The van der Waals surface area contributed by atoms with Crippen LogP contribution in [0.1, 0.15) is 25.7 Å². The van der Waals surface area contributed by atoms with Gasteiger partial charge in [-0.1, -0.05) is 0 Å².